The van der Waals surface area contributed by atoms with Crippen molar-refractivity contribution in [3.05, 3.63) is 77.9 Å². The van der Waals surface area contributed by atoms with E-state index in [1.54, 1.807) is 25.3 Å². The van der Waals surface area contributed by atoms with E-state index in [0.717, 1.165) is 30.1 Å². The first-order chi connectivity index (χ1) is 16.3. The van der Waals surface area contributed by atoms with Crippen molar-refractivity contribution in [1.82, 2.24) is 0 Å². The summed E-state index contributed by atoms with van der Waals surface area (Å²) < 4.78 is 34.0. The number of nitrogens with one attached hydrogen (secondary N) is 1. The van der Waals surface area contributed by atoms with E-state index in [1.165, 1.54) is 24.3 Å². The number of rotatable bonds is 7. The molecule has 3 aromatic carbocycles. The Bertz CT molecular complexity index is 1280. The molecule has 0 unspecified atom stereocenters. The number of nitrogens with zero attached hydrogens (tertiary/aromatic N) is 2. The van der Waals surface area contributed by atoms with Crippen LogP contribution >= 0.6 is 0 Å². The minimum absolute atomic E-state index is 0.0142. The molecular weight excluding hydrogens is 454 g/mol. The third kappa shape index (κ3) is 5.09. The van der Waals surface area contributed by atoms with Gasteiger partial charge in [-0.15, -0.1) is 0 Å². The number of hydrogen-bond acceptors (Lipinski definition) is 6. The summed E-state index contributed by atoms with van der Waals surface area (Å²) in [6.45, 7) is 4.60. The highest BCUT2D eigenvalue weighted by Crippen LogP contribution is 2.31. The summed E-state index contributed by atoms with van der Waals surface area (Å²) >= 11 is 0. The lowest BCUT2D eigenvalue weighted by molar-refractivity contribution is 0.0697. The van der Waals surface area contributed by atoms with Crippen LogP contribution < -0.4 is 19.3 Å². The number of piperazine rings is 1. The van der Waals surface area contributed by atoms with Crippen molar-refractivity contribution < 1.29 is 23.1 Å². The van der Waals surface area contributed by atoms with Crippen LogP contribution in [0.15, 0.2) is 71.6 Å². The van der Waals surface area contributed by atoms with Crippen LogP contribution in [0.4, 0.5) is 17.1 Å². The summed E-state index contributed by atoms with van der Waals surface area (Å²) in [5.74, 6) is -0.331. The summed E-state index contributed by atoms with van der Waals surface area (Å²) in [7, 11) is -2.25. The summed E-state index contributed by atoms with van der Waals surface area (Å²) in [5, 5.41) is 9.45. The fourth-order valence-electron chi connectivity index (χ4n) is 3.96. The number of carboxylic acid groups (broad SMARTS) is 1. The van der Waals surface area contributed by atoms with Crippen LogP contribution in [0.25, 0.3) is 0 Å². The molecule has 2 N–H and O–H groups in total. The Balaban J connectivity index is 1.58. The Hall–Kier alpha value is -3.72. The molecule has 1 aliphatic rings. The fraction of sp³-hybridized carbons (Fsp3) is 0.240. The molecule has 178 valence electrons. The Morgan fingerprint density at radius 2 is 1.62 bits per heavy atom. The fourth-order valence-corrected chi connectivity index (χ4v) is 5.03. The van der Waals surface area contributed by atoms with Gasteiger partial charge in [0.25, 0.3) is 10.0 Å². The molecule has 0 bridgehead atoms. The number of aryl methyl sites for hydroxylation is 1. The first-order valence-electron chi connectivity index (χ1n) is 10.9. The molecule has 34 heavy (non-hydrogen) atoms. The second-order valence-corrected chi connectivity index (χ2v) is 9.81. The average molecular weight is 482 g/mol. The maximum absolute atomic E-state index is 13.0. The van der Waals surface area contributed by atoms with Crippen molar-refractivity contribution in [3.63, 3.8) is 0 Å². The first kappa shape index (κ1) is 23.4. The maximum atomic E-state index is 13.0. The lowest BCUT2D eigenvalue weighted by Crippen LogP contribution is -2.46. The van der Waals surface area contributed by atoms with Crippen LogP contribution in [0.3, 0.4) is 0 Å². The standard InChI is InChI=1S/C25H27N3O5S/c1-18-6-9-22(10-7-18)34(31,32)26-23-16-19(25(29)30)8-11-24(23)28-14-12-27(13-15-28)20-4-3-5-21(17-20)33-2/h3-11,16-17,26H,12-15H2,1-2H3,(H,29,30). The van der Waals surface area contributed by atoms with Gasteiger partial charge in [0.05, 0.1) is 28.9 Å². The van der Waals surface area contributed by atoms with Crippen LogP contribution in [0.1, 0.15) is 15.9 Å². The number of anilines is 3. The lowest BCUT2D eigenvalue weighted by Gasteiger charge is -2.38. The van der Waals surface area contributed by atoms with Crippen LogP contribution in [-0.2, 0) is 10.0 Å². The van der Waals surface area contributed by atoms with Crippen molar-refractivity contribution in [2.45, 2.75) is 11.8 Å². The van der Waals surface area contributed by atoms with E-state index in [9.17, 15) is 18.3 Å². The highest BCUT2D eigenvalue weighted by molar-refractivity contribution is 7.92. The van der Waals surface area contributed by atoms with Crippen LogP contribution in [0, 0.1) is 6.92 Å². The van der Waals surface area contributed by atoms with Crippen LogP contribution in [0.5, 0.6) is 5.75 Å². The predicted molar refractivity (Wildman–Crippen MR) is 133 cm³/mol. The number of ether oxygens (including phenoxy) is 1. The van der Waals surface area contributed by atoms with Crippen molar-refractivity contribution in [2.75, 3.05) is 47.8 Å². The van der Waals surface area contributed by atoms with Gasteiger partial charge in [0.2, 0.25) is 0 Å². The number of methoxy groups -OCH3 is 1. The molecule has 1 fully saturated rings. The monoisotopic (exact) mass is 481 g/mol. The Morgan fingerprint density at radius 3 is 2.26 bits per heavy atom. The minimum atomic E-state index is -3.89. The smallest absolute Gasteiger partial charge is 0.335 e. The molecule has 1 aliphatic heterocycles. The minimum Gasteiger partial charge on any atom is -0.497 e. The summed E-state index contributed by atoms with van der Waals surface area (Å²) in [5.41, 5.74) is 2.91. The van der Waals surface area contributed by atoms with Gasteiger partial charge in [-0.25, -0.2) is 13.2 Å². The van der Waals surface area contributed by atoms with E-state index in [-0.39, 0.29) is 16.1 Å². The van der Waals surface area contributed by atoms with Gasteiger partial charge in [-0.05, 0) is 49.4 Å². The van der Waals surface area contributed by atoms with E-state index in [0.29, 0.717) is 18.8 Å². The van der Waals surface area contributed by atoms with E-state index in [4.69, 9.17) is 4.74 Å². The van der Waals surface area contributed by atoms with Gasteiger partial charge in [-0.1, -0.05) is 23.8 Å². The van der Waals surface area contributed by atoms with Gasteiger partial charge in [-0.2, -0.15) is 0 Å². The van der Waals surface area contributed by atoms with Crippen molar-refractivity contribution >= 4 is 33.1 Å². The molecule has 0 spiro atoms. The predicted octanol–water partition coefficient (Wildman–Crippen LogP) is 3.83. The van der Waals surface area contributed by atoms with Crippen molar-refractivity contribution in [1.29, 1.82) is 0 Å². The van der Waals surface area contributed by atoms with E-state index < -0.39 is 16.0 Å². The van der Waals surface area contributed by atoms with Gasteiger partial charge in [0, 0.05) is 37.9 Å². The van der Waals surface area contributed by atoms with E-state index >= 15 is 0 Å². The van der Waals surface area contributed by atoms with Crippen LogP contribution in [0.2, 0.25) is 0 Å². The van der Waals surface area contributed by atoms with Gasteiger partial charge in [0.1, 0.15) is 5.75 Å². The third-order valence-corrected chi connectivity index (χ3v) is 7.24. The Labute approximate surface area is 199 Å². The lowest BCUT2D eigenvalue weighted by atomic mass is 10.1. The summed E-state index contributed by atoms with van der Waals surface area (Å²) in [6.07, 6.45) is 0. The second kappa shape index (κ2) is 9.64. The molecular formula is C25H27N3O5S. The van der Waals surface area contributed by atoms with E-state index in [1.807, 2.05) is 31.2 Å². The number of benzene rings is 3. The average Bonchev–Trinajstić information content (AvgIpc) is 2.84. The zero-order valence-electron chi connectivity index (χ0n) is 19.1. The third-order valence-electron chi connectivity index (χ3n) is 5.86. The van der Waals surface area contributed by atoms with E-state index in [2.05, 4.69) is 14.5 Å². The van der Waals surface area contributed by atoms with Crippen molar-refractivity contribution in [2.24, 2.45) is 0 Å². The number of hydrogen-bond donors (Lipinski definition) is 2. The maximum Gasteiger partial charge on any atom is 0.335 e. The number of carbonyl (C=O) groups is 1. The zero-order valence-corrected chi connectivity index (χ0v) is 19.9. The molecule has 0 saturated carbocycles. The molecule has 8 nitrogen and oxygen atoms in total. The molecule has 0 aromatic heterocycles. The molecule has 0 atom stereocenters. The Kier molecular flexibility index (Phi) is 6.65. The largest absolute Gasteiger partial charge is 0.497 e. The Morgan fingerprint density at radius 1 is 0.941 bits per heavy atom. The zero-order chi connectivity index (χ0) is 24.3. The molecule has 0 amide bonds. The van der Waals surface area contributed by atoms with Gasteiger partial charge < -0.3 is 19.6 Å². The summed E-state index contributed by atoms with van der Waals surface area (Å²) in [6, 6.07) is 18.9. The molecule has 3 aromatic rings. The van der Waals surface area contributed by atoms with Crippen molar-refractivity contribution in [3.8, 4) is 5.75 Å². The highest BCUT2D eigenvalue weighted by atomic mass is 32.2. The topological polar surface area (TPSA) is 99.2 Å². The first-order valence-corrected chi connectivity index (χ1v) is 12.4. The molecule has 1 heterocycles. The second-order valence-electron chi connectivity index (χ2n) is 8.13. The summed E-state index contributed by atoms with van der Waals surface area (Å²) in [4.78, 5) is 16.0. The molecule has 4 rings (SSSR count). The number of sulfonamides is 1. The molecule has 9 heteroatoms. The quantitative estimate of drug-likeness (QED) is 0.529. The highest BCUT2D eigenvalue weighted by Gasteiger charge is 2.23. The number of aromatic carboxylic acids is 1. The number of carboxylic acids is 1. The van der Waals surface area contributed by atoms with Gasteiger partial charge in [0.15, 0.2) is 0 Å². The molecule has 0 radical (unpaired) electrons. The van der Waals surface area contributed by atoms with Gasteiger partial charge in [-0.3, -0.25) is 4.72 Å². The van der Waals surface area contributed by atoms with Crippen LogP contribution in [-0.4, -0.2) is 52.8 Å². The van der Waals surface area contributed by atoms with Gasteiger partial charge >= 0.3 is 5.97 Å². The SMILES string of the molecule is COc1cccc(N2CCN(c3ccc(C(=O)O)cc3NS(=O)(=O)c3ccc(C)cc3)CC2)c1. The molecule has 0 aliphatic carbocycles. The molecule has 1 saturated heterocycles. The normalized spacial score (nSPS) is 14.1.